The van der Waals surface area contributed by atoms with Crippen molar-refractivity contribution in [2.45, 2.75) is 5.16 Å². The number of carboxylic acids is 1. The van der Waals surface area contributed by atoms with Gasteiger partial charge < -0.3 is 17.7 Å². The molecule has 7 heteroatoms. The average Bonchev–Trinajstić information content (AvgIpc) is 2.13. The summed E-state index contributed by atoms with van der Waals surface area (Å²) in [5, 5.41) is 12.0. The van der Waals surface area contributed by atoms with Crippen molar-refractivity contribution in [3.8, 4) is 0 Å². The number of hydrogen-bond donors (Lipinski definition) is 1. The smallest absolute Gasteiger partial charge is 0.740 e. The first-order valence-corrected chi connectivity index (χ1v) is 2.83. The van der Waals surface area contributed by atoms with E-state index in [-0.39, 0.29) is 40.5 Å². The third-order valence-corrected chi connectivity index (χ3v) is 1.27. The normalized spacial score (nSPS) is 8.82. The Morgan fingerprint density at radius 1 is 1.73 bits per heavy atom. The van der Waals surface area contributed by atoms with Gasteiger partial charge >= 0.3 is 35.5 Å². The first-order chi connectivity index (χ1) is 4.61. The van der Waals surface area contributed by atoms with Crippen molar-refractivity contribution in [2.75, 3.05) is 0 Å². The summed E-state index contributed by atoms with van der Waals surface area (Å²) in [6, 6.07) is 0. The van der Waals surface area contributed by atoms with Crippen LogP contribution in [0.4, 0.5) is 0 Å². The summed E-state index contributed by atoms with van der Waals surface area (Å²) in [6.07, 6.45) is 0. The van der Waals surface area contributed by atoms with Crippen molar-refractivity contribution in [3.63, 3.8) is 0 Å². The first-order valence-electron chi connectivity index (χ1n) is 2.42. The van der Waals surface area contributed by atoms with E-state index in [9.17, 15) is 4.79 Å². The molecule has 0 fully saturated rings. The molecule has 1 heterocycles. The molecule has 1 N–H and O–H groups in total. The second kappa shape index (κ2) is 4.01. The Morgan fingerprint density at radius 2 is 2.27 bits per heavy atom. The van der Waals surface area contributed by atoms with Gasteiger partial charge in [-0.25, -0.2) is 9.78 Å². The number of carbonyl (C=O) groups is 1. The number of aryl methyl sites for hydroxylation is 1. The molecule has 0 aliphatic carbocycles. The van der Waals surface area contributed by atoms with E-state index in [1.165, 1.54) is 4.68 Å². The van der Waals surface area contributed by atoms with Crippen molar-refractivity contribution in [1.82, 2.24) is 14.8 Å². The quantitative estimate of drug-likeness (QED) is 0.358. The molecule has 0 saturated heterocycles. The zero-order valence-corrected chi connectivity index (χ0v) is 8.92. The van der Waals surface area contributed by atoms with E-state index in [2.05, 4.69) is 22.7 Å². The van der Waals surface area contributed by atoms with Crippen molar-refractivity contribution in [3.05, 3.63) is 5.82 Å². The molecule has 0 unspecified atom stereocenters. The standard InChI is InChI=1S/C4H5N3O2S.Na/c1-7-4(10)5-2(6-7)3(8)9;/h1H3,(H,8,9)(H,5,6,10);/q;+1/p-1. The Hall–Kier alpha value is -0.170. The van der Waals surface area contributed by atoms with Crippen LogP contribution in [0.1, 0.15) is 10.6 Å². The minimum absolute atomic E-state index is 0. The van der Waals surface area contributed by atoms with E-state index in [1.54, 1.807) is 7.05 Å². The van der Waals surface area contributed by atoms with Gasteiger partial charge in [0.1, 0.15) is 0 Å². The van der Waals surface area contributed by atoms with Crippen LogP contribution in [-0.2, 0) is 19.7 Å². The van der Waals surface area contributed by atoms with Crippen LogP contribution in [0.25, 0.3) is 0 Å². The van der Waals surface area contributed by atoms with Gasteiger partial charge in [-0.15, -0.1) is 5.10 Å². The van der Waals surface area contributed by atoms with E-state index < -0.39 is 5.97 Å². The van der Waals surface area contributed by atoms with Gasteiger partial charge in [-0.2, -0.15) is 0 Å². The zero-order chi connectivity index (χ0) is 7.72. The maximum Gasteiger partial charge on any atom is 1.00 e. The van der Waals surface area contributed by atoms with Gasteiger partial charge in [-0.1, -0.05) is 0 Å². The molecule has 1 rings (SSSR count). The molecule has 0 aliphatic rings. The largest absolute Gasteiger partial charge is 1.00 e. The maximum atomic E-state index is 10.2. The van der Waals surface area contributed by atoms with Crippen molar-refractivity contribution in [1.29, 1.82) is 0 Å². The predicted molar refractivity (Wildman–Crippen MR) is 33.6 cm³/mol. The molecule has 54 valence electrons. The number of hydrogen-bond acceptors (Lipinski definition) is 4. The number of carboxylic acid groups (broad SMARTS) is 1. The molecule has 0 aliphatic heterocycles. The Balaban J connectivity index is 0.000001000. The van der Waals surface area contributed by atoms with E-state index >= 15 is 0 Å². The Morgan fingerprint density at radius 3 is 2.45 bits per heavy atom. The van der Waals surface area contributed by atoms with Gasteiger partial charge in [0.25, 0.3) is 5.82 Å². The van der Waals surface area contributed by atoms with Gasteiger partial charge in [-0.3, -0.25) is 4.68 Å². The molecule has 5 nitrogen and oxygen atoms in total. The molecular weight excluding hydrogens is 177 g/mol. The molecule has 1 aromatic rings. The van der Waals surface area contributed by atoms with E-state index in [0.29, 0.717) is 0 Å². The van der Waals surface area contributed by atoms with Gasteiger partial charge in [0.05, 0.1) is 0 Å². The summed E-state index contributed by atoms with van der Waals surface area (Å²) in [6.45, 7) is 0. The fraction of sp³-hybridized carbons (Fsp3) is 0.250. The summed E-state index contributed by atoms with van der Waals surface area (Å²) in [5.74, 6) is -1.42. The Bertz CT molecular complexity index is 255. The van der Waals surface area contributed by atoms with Crippen LogP contribution in [0.2, 0.25) is 0 Å². The molecule has 1 aromatic heterocycles. The molecular formula is C4H4N3NaO2S. The summed E-state index contributed by atoms with van der Waals surface area (Å²) in [7, 11) is 1.54. The summed E-state index contributed by atoms with van der Waals surface area (Å²) in [5.41, 5.74) is 0. The minimum atomic E-state index is -1.16. The Labute approximate surface area is 90.5 Å². The SMILES string of the molecule is Cn1nc(C(=O)O)nc1[S-].[Na+]. The van der Waals surface area contributed by atoms with Crippen LogP contribution < -0.4 is 29.6 Å². The maximum absolute atomic E-state index is 10.2. The molecule has 11 heavy (non-hydrogen) atoms. The first kappa shape index (κ1) is 10.8. The number of aromatic nitrogens is 3. The van der Waals surface area contributed by atoms with Crippen LogP contribution >= 0.6 is 0 Å². The van der Waals surface area contributed by atoms with Crippen LogP contribution in [0.3, 0.4) is 0 Å². The van der Waals surface area contributed by atoms with E-state index in [1.807, 2.05) is 0 Å². The van der Waals surface area contributed by atoms with Crippen molar-refractivity contribution < 1.29 is 39.5 Å². The van der Waals surface area contributed by atoms with E-state index in [0.717, 1.165) is 0 Å². The second-order valence-corrected chi connectivity index (χ2v) is 2.01. The molecule has 0 radical (unpaired) electrons. The van der Waals surface area contributed by atoms with E-state index in [4.69, 9.17) is 5.11 Å². The van der Waals surface area contributed by atoms with Gasteiger partial charge in [-0.05, 0) is 0 Å². The van der Waals surface area contributed by atoms with Crippen LogP contribution in [-0.4, -0.2) is 25.8 Å². The number of aromatic carboxylic acids is 1. The second-order valence-electron chi connectivity index (χ2n) is 1.65. The molecule has 0 bridgehead atoms. The fourth-order valence-electron chi connectivity index (χ4n) is 0.461. The molecule has 0 aromatic carbocycles. The van der Waals surface area contributed by atoms with Crippen LogP contribution in [0, 0.1) is 0 Å². The Kier molecular flexibility index (Phi) is 3.95. The summed E-state index contributed by atoms with van der Waals surface area (Å²) < 4.78 is 1.23. The molecule has 0 spiro atoms. The number of nitrogens with zero attached hydrogens (tertiary/aromatic N) is 3. The van der Waals surface area contributed by atoms with Crippen LogP contribution in [0.5, 0.6) is 0 Å². The average molecular weight is 181 g/mol. The van der Waals surface area contributed by atoms with Gasteiger partial charge in [0, 0.05) is 12.2 Å². The molecule has 0 saturated carbocycles. The van der Waals surface area contributed by atoms with Gasteiger partial charge in [0.15, 0.2) is 0 Å². The minimum Gasteiger partial charge on any atom is -0.740 e. The van der Waals surface area contributed by atoms with Crippen molar-refractivity contribution >= 4 is 18.6 Å². The predicted octanol–water partition coefficient (Wildman–Crippen LogP) is -3.58. The monoisotopic (exact) mass is 181 g/mol. The fourth-order valence-corrected chi connectivity index (χ4v) is 0.588. The topological polar surface area (TPSA) is 68.0 Å². The van der Waals surface area contributed by atoms with Crippen molar-refractivity contribution in [2.24, 2.45) is 7.05 Å². The third kappa shape index (κ3) is 2.41. The zero-order valence-electron chi connectivity index (χ0n) is 6.11. The molecule has 0 atom stereocenters. The summed E-state index contributed by atoms with van der Waals surface area (Å²) >= 11 is 4.62. The third-order valence-electron chi connectivity index (χ3n) is 0.914. The van der Waals surface area contributed by atoms with Crippen LogP contribution in [0.15, 0.2) is 5.16 Å². The molecule has 0 amide bonds. The summed E-state index contributed by atoms with van der Waals surface area (Å²) in [4.78, 5) is 13.7. The van der Waals surface area contributed by atoms with Gasteiger partial charge in [0.2, 0.25) is 0 Å². The number of rotatable bonds is 1.